The summed E-state index contributed by atoms with van der Waals surface area (Å²) in [6.45, 7) is 9.67. The zero-order valence-corrected chi connectivity index (χ0v) is 24.5. The van der Waals surface area contributed by atoms with Crippen LogP contribution in [-0.4, -0.2) is 47.3 Å². The van der Waals surface area contributed by atoms with E-state index in [4.69, 9.17) is 19.2 Å². The van der Waals surface area contributed by atoms with E-state index in [2.05, 4.69) is 6.58 Å². The zero-order chi connectivity index (χ0) is 29.9. The van der Waals surface area contributed by atoms with Crippen LogP contribution in [0.3, 0.4) is 0 Å². The predicted molar refractivity (Wildman–Crippen MR) is 166 cm³/mol. The van der Waals surface area contributed by atoms with Crippen molar-refractivity contribution in [2.75, 3.05) is 26.4 Å². The van der Waals surface area contributed by atoms with E-state index in [9.17, 15) is 14.9 Å². The Kier molecular flexibility index (Phi) is 10.9. The van der Waals surface area contributed by atoms with Gasteiger partial charge in [-0.1, -0.05) is 24.3 Å². The van der Waals surface area contributed by atoms with E-state index >= 15 is 0 Å². The number of nitro benzene ring substituents is 1. The van der Waals surface area contributed by atoms with E-state index in [1.165, 1.54) is 23.9 Å². The highest BCUT2D eigenvalue weighted by atomic mass is 32.2. The minimum absolute atomic E-state index is 0.0197. The average Bonchev–Trinajstić information content (AvgIpc) is 3.27. The first kappa shape index (κ1) is 30.5. The molecule has 0 N–H and O–H groups in total. The van der Waals surface area contributed by atoms with Crippen molar-refractivity contribution < 1.29 is 23.9 Å². The number of non-ortho nitro benzene ring substituents is 1. The molecule has 0 saturated carbocycles. The molecule has 1 aliphatic rings. The van der Waals surface area contributed by atoms with Crippen LogP contribution in [0.25, 0.3) is 6.08 Å². The average molecular weight is 588 g/mol. The number of amides is 1. The highest BCUT2D eigenvalue weighted by Gasteiger charge is 2.33. The fraction of sp³-hybridized carbons (Fsp3) is 0.250. The molecule has 0 aromatic heterocycles. The summed E-state index contributed by atoms with van der Waals surface area (Å²) in [4.78, 5) is 31.0. The number of carbonyl (C=O) groups is 1. The summed E-state index contributed by atoms with van der Waals surface area (Å²) in [5, 5.41) is 11.6. The molecule has 0 radical (unpaired) electrons. The monoisotopic (exact) mass is 587 g/mol. The Hall–Kier alpha value is -4.41. The molecule has 1 amide bonds. The third-order valence-corrected chi connectivity index (χ3v) is 7.19. The van der Waals surface area contributed by atoms with E-state index in [-0.39, 0.29) is 18.2 Å². The van der Waals surface area contributed by atoms with Gasteiger partial charge in [-0.05, 0) is 85.6 Å². The van der Waals surface area contributed by atoms with Crippen LogP contribution in [0.15, 0.2) is 89.3 Å². The molecule has 0 unspecified atom stereocenters. The SMILES string of the molecule is C=CCc1cc(/C=C2\SC(=Nc3ccccc3)N(CCOCC)C2=O)cc(OCC)c1OCc1ccc([N+](=O)[O-])cc1. The zero-order valence-electron chi connectivity index (χ0n) is 23.7. The number of hydrogen-bond donors (Lipinski definition) is 0. The van der Waals surface area contributed by atoms with Crippen LogP contribution in [0.5, 0.6) is 11.5 Å². The van der Waals surface area contributed by atoms with Gasteiger partial charge in [-0.25, -0.2) is 4.99 Å². The number of amidine groups is 1. The van der Waals surface area contributed by atoms with E-state index in [1.54, 1.807) is 23.1 Å². The van der Waals surface area contributed by atoms with Crippen LogP contribution >= 0.6 is 11.8 Å². The molecular weight excluding hydrogens is 554 g/mol. The van der Waals surface area contributed by atoms with E-state index in [0.29, 0.717) is 54.4 Å². The maximum Gasteiger partial charge on any atom is 0.269 e. The van der Waals surface area contributed by atoms with Crippen molar-refractivity contribution >= 4 is 40.3 Å². The van der Waals surface area contributed by atoms with Gasteiger partial charge in [-0.15, -0.1) is 6.58 Å². The quantitative estimate of drug-likeness (QED) is 0.0661. The molecule has 1 aliphatic heterocycles. The van der Waals surface area contributed by atoms with Crippen LogP contribution < -0.4 is 9.47 Å². The summed E-state index contributed by atoms with van der Waals surface area (Å²) >= 11 is 1.32. The van der Waals surface area contributed by atoms with Gasteiger partial charge in [0.15, 0.2) is 16.7 Å². The number of thioether (sulfide) groups is 1. The molecule has 0 bridgehead atoms. The molecule has 9 nitrogen and oxygen atoms in total. The molecule has 0 spiro atoms. The fourth-order valence-corrected chi connectivity index (χ4v) is 5.25. The van der Waals surface area contributed by atoms with Crippen molar-refractivity contribution in [1.29, 1.82) is 0 Å². The highest BCUT2D eigenvalue weighted by molar-refractivity contribution is 8.18. The maximum atomic E-state index is 13.5. The van der Waals surface area contributed by atoms with Crippen molar-refractivity contribution in [3.05, 3.63) is 111 Å². The fourth-order valence-electron chi connectivity index (χ4n) is 4.22. The van der Waals surface area contributed by atoms with Crippen molar-refractivity contribution in [1.82, 2.24) is 4.90 Å². The number of aliphatic imine (C=N–C) groups is 1. The van der Waals surface area contributed by atoms with Gasteiger partial charge < -0.3 is 14.2 Å². The Bertz CT molecular complexity index is 1470. The van der Waals surface area contributed by atoms with Crippen LogP contribution in [0.1, 0.15) is 30.5 Å². The van der Waals surface area contributed by atoms with Gasteiger partial charge in [0, 0.05) is 24.3 Å². The summed E-state index contributed by atoms with van der Waals surface area (Å²) in [6, 6.07) is 19.6. The molecule has 1 fully saturated rings. The van der Waals surface area contributed by atoms with Gasteiger partial charge >= 0.3 is 0 Å². The molecule has 42 heavy (non-hydrogen) atoms. The van der Waals surface area contributed by atoms with Crippen molar-refractivity contribution in [3.8, 4) is 11.5 Å². The molecule has 218 valence electrons. The number of hydrogen-bond acceptors (Lipinski definition) is 8. The molecule has 0 aliphatic carbocycles. The Morgan fingerprint density at radius 3 is 2.48 bits per heavy atom. The van der Waals surface area contributed by atoms with Gasteiger partial charge in [0.1, 0.15) is 6.61 Å². The van der Waals surface area contributed by atoms with Crippen LogP contribution in [0.4, 0.5) is 11.4 Å². The molecule has 10 heteroatoms. The second kappa shape index (κ2) is 15.0. The van der Waals surface area contributed by atoms with Crippen LogP contribution in [0.2, 0.25) is 0 Å². The summed E-state index contributed by atoms with van der Waals surface area (Å²) in [5.74, 6) is 0.955. The third-order valence-electron chi connectivity index (χ3n) is 6.18. The summed E-state index contributed by atoms with van der Waals surface area (Å²) < 4.78 is 17.7. The van der Waals surface area contributed by atoms with E-state index in [0.717, 1.165) is 22.4 Å². The summed E-state index contributed by atoms with van der Waals surface area (Å²) in [6.07, 6.45) is 4.12. The molecule has 1 saturated heterocycles. The topological polar surface area (TPSA) is 104 Å². The van der Waals surface area contributed by atoms with E-state index < -0.39 is 4.92 Å². The number of nitrogens with zero attached hydrogens (tertiary/aromatic N) is 3. The van der Waals surface area contributed by atoms with Gasteiger partial charge in [-0.3, -0.25) is 19.8 Å². The number of carbonyl (C=O) groups excluding carboxylic acids is 1. The minimum Gasteiger partial charge on any atom is -0.490 e. The number of ether oxygens (including phenoxy) is 3. The lowest BCUT2D eigenvalue weighted by molar-refractivity contribution is -0.384. The first-order chi connectivity index (χ1) is 20.4. The third kappa shape index (κ3) is 7.86. The number of nitro groups is 1. The lowest BCUT2D eigenvalue weighted by Crippen LogP contribution is -2.32. The molecule has 0 atom stereocenters. The molecule has 1 heterocycles. The number of benzene rings is 3. The maximum absolute atomic E-state index is 13.5. The van der Waals surface area contributed by atoms with Crippen molar-refractivity contribution in [2.45, 2.75) is 26.9 Å². The van der Waals surface area contributed by atoms with Gasteiger partial charge in [0.05, 0.1) is 35.3 Å². The number of rotatable bonds is 14. The standard InChI is InChI=1S/C32H33N3O6S/c1-4-10-25-19-24(20-28(40-6-3)30(25)41-22-23-13-15-27(16-14-23)35(37)38)21-29-31(36)34(17-18-39-5-2)32(42-29)33-26-11-8-7-9-12-26/h4,7-9,11-16,19-21H,1,5-6,10,17-18,22H2,2-3H3/b29-21-,33-32?. The van der Waals surface area contributed by atoms with Gasteiger partial charge in [-0.2, -0.15) is 0 Å². The van der Waals surface area contributed by atoms with Crippen LogP contribution in [-0.2, 0) is 22.6 Å². The lowest BCUT2D eigenvalue weighted by Gasteiger charge is -2.17. The lowest BCUT2D eigenvalue weighted by atomic mass is 10.0. The highest BCUT2D eigenvalue weighted by Crippen LogP contribution is 2.38. The summed E-state index contributed by atoms with van der Waals surface area (Å²) in [5.41, 5.74) is 3.18. The molecular formula is C32H33N3O6S. The number of para-hydroxylation sites is 1. The Labute approximate surface area is 249 Å². The Morgan fingerprint density at radius 1 is 1.05 bits per heavy atom. The number of allylic oxidation sites excluding steroid dienone is 1. The first-order valence-corrected chi connectivity index (χ1v) is 14.4. The van der Waals surface area contributed by atoms with Crippen LogP contribution in [0, 0.1) is 10.1 Å². The minimum atomic E-state index is -0.435. The van der Waals surface area contributed by atoms with E-state index in [1.807, 2.05) is 62.4 Å². The second-order valence-corrected chi connectivity index (χ2v) is 10.1. The van der Waals surface area contributed by atoms with Crippen molar-refractivity contribution in [2.24, 2.45) is 4.99 Å². The van der Waals surface area contributed by atoms with Gasteiger partial charge in [0.2, 0.25) is 0 Å². The Morgan fingerprint density at radius 2 is 1.81 bits per heavy atom. The Balaban J connectivity index is 1.65. The smallest absolute Gasteiger partial charge is 0.269 e. The first-order valence-electron chi connectivity index (χ1n) is 13.6. The predicted octanol–water partition coefficient (Wildman–Crippen LogP) is 6.94. The van der Waals surface area contributed by atoms with Gasteiger partial charge in [0.25, 0.3) is 11.6 Å². The second-order valence-electron chi connectivity index (χ2n) is 9.14. The summed E-state index contributed by atoms with van der Waals surface area (Å²) in [7, 11) is 0. The molecule has 4 rings (SSSR count). The normalized spacial score (nSPS) is 14.9. The largest absolute Gasteiger partial charge is 0.490 e. The molecule has 3 aromatic carbocycles. The van der Waals surface area contributed by atoms with Crippen molar-refractivity contribution in [3.63, 3.8) is 0 Å². The molecule has 3 aromatic rings.